The molecule has 3 aromatic rings. The number of hydrogen-bond acceptors (Lipinski definition) is 5. The van der Waals surface area contributed by atoms with Gasteiger partial charge in [0.05, 0.1) is 10.6 Å². The van der Waals surface area contributed by atoms with Crippen LogP contribution in [0.3, 0.4) is 0 Å². The Balaban J connectivity index is 1.82. The molecule has 3 rings (SSSR count). The molecule has 7 heteroatoms. The fraction of sp³-hybridized carbons (Fsp3) is 0.158. The van der Waals surface area contributed by atoms with Crippen molar-refractivity contribution >= 4 is 15.7 Å². The number of nitrogens with one attached hydrogen (secondary N) is 1. The minimum atomic E-state index is -3.67. The lowest BCUT2D eigenvalue weighted by Crippen LogP contribution is -2.12. The van der Waals surface area contributed by atoms with Gasteiger partial charge in [-0.05, 0) is 51.1 Å². The number of aromatic nitrogens is 2. The van der Waals surface area contributed by atoms with Gasteiger partial charge in [-0.2, -0.15) is 0 Å². The Labute approximate surface area is 153 Å². The Hall–Kier alpha value is -2.93. The van der Waals surface area contributed by atoms with E-state index in [-0.39, 0.29) is 10.9 Å². The highest BCUT2D eigenvalue weighted by atomic mass is 32.2. The molecule has 0 amide bonds. The van der Waals surface area contributed by atoms with Gasteiger partial charge >= 0.3 is 6.01 Å². The van der Waals surface area contributed by atoms with Crippen molar-refractivity contribution in [2.45, 2.75) is 25.7 Å². The SMILES string of the molecule is Cc1ccc(S(=O)(=O)Nc2cccc(Oc3nc(C)cc(C)n3)c2)cc1. The lowest BCUT2D eigenvalue weighted by atomic mass is 10.2. The summed E-state index contributed by atoms with van der Waals surface area (Å²) >= 11 is 0. The molecule has 2 aromatic carbocycles. The van der Waals surface area contributed by atoms with E-state index in [9.17, 15) is 8.42 Å². The molecular formula is C19H19N3O3S. The minimum Gasteiger partial charge on any atom is -0.424 e. The van der Waals surface area contributed by atoms with E-state index in [0.717, 1.165) is 17.0 Å². The fourth-order valence-electron chi connectivity index (χ4n) is 2.40. The van der Waals surface area contributed by atoms with Crippen molar-refractivity contribution in [3.63, 3.8) is 0 Å². The molecule has 0 aliphatic carbocycles. The maximum absolute atomic E-state index is 12.5. The predicted octanol–water partition coefficient (Wildman–Crippen LogP) is 3.99. The number of ether oxygens (including phenoxy) is 1. The van der Waals surface area contributed by atoms with Crippen LogP contribution in [-0.4, -0.2) is 18.4 Å². The van der Waals surface area contributed by atoms with E-state index in [1.807, 2.05) is 26.8 Å². The predicted molar refractivity (Wildman–Crippen MR) is 100 cm³/mol. The summed E-state index contributed by atoms with van der Waals surface area (Å²) in [5, 5.41) is 0. The van der Waals surface area contributed by atoms with Gasteiger partial charge in [0.15, 0.2) is 0 Å². The van der Waals surface area contributed by atoms with Gasteiger partial charge in [-0.3, -0.25) is 4.72 Å². The third-order valence-corrected chi connectivity index (χ3v) is 4.99. The third-order valence-electron chi connectivity index (χ3n) is 3.59. The molecule has 26 heavy (non-hydrogen) atoms. The van der Waals surface area contributed by atoms with E-state index in [1.165, 1.54) is 0 Å². The molecule has 0 fully saturated rings. The van der Waals surface area contributed by atoms with Crippen molar-refractivity contribution in [1.82, 2.24) is 9.97 Å². The first-order chi connectivity index (χ1) is 12.3. The van der Waals surface area contributed by atoms with Crippen LogP contribution in [0.5, 0.6) is 11.8 Å². The summed E-state index contributed by atoms with van der Waals surface area (Å²) < 4.78 is 33.2. The number of aryl methyl sites for hydroxylation is 3. The van der Waals surface area contributed by atoms with Crippen LogP contribution < -0.4 is 9.46 Å². The van der Waals surface area contributed by atoms with Crippen LogP contribution in [0.1, 0.15) is 17.0 Å². The number of anilines is 1. The average molecular weight is 369 g/mol. The summed E-state index contributed by atoms with van der Waals surface area (Å²) in [6.07, 6.45) is 0. The highest BCUT2D eigenvalue weighted by Gasteiger charge is 2.14. The zero-order valence-electron chi connectivity index (χ0n) is 14.7. The smallest absolute Gasteiger partial charge is 0.322 e. The molecule has 1 aromatic heterocycles. The van der Waals surface area contributed by atoms with Crippen molar-refractivity contribution < 1.29 is 13.2 Å². The Morgan fingerprint density at radius 2 is 1.54 bits per heavy atom. The second-order valence-electron chi connectivity index (χ2n) is 5.98. The first kappa shape index (κ1) is 17.9. The van der Waals surface area contributed by atoms with Gasteiger partial charge in [-0.1, -0.05) is 23.8 Å². The molecule has 0 bridgehead atoms. The van der Waals surface area contributed by atoms with Gasteiger partial charge in [-0.15, -0.1) is 0 Å². The van der Waals surface area contributed by atoms with Crippen molar-refractivity contribution in [3.05, 3.63) is 71.5 Å². The van der Waals surface area contributed by atoms with E-state index in [0.29, 0.717) is 11.4 Å². The van der Waals surface area contributed by atoms with Crippen LogP contribution in [0.25, 0.3) is 0 Å². The quantitative estimate of drug-likeness (QED) is 0.735. The van der Waals surface area contributed by atoms with Crippen LogP contribution >= 0.6 is 0 Å². The Morgan fingerprint density at radius 3 is 2.19 bits per heavy atom. The van der Waals surface area contributed by atoms with Gasteiger partial charge < -0.3 is 4.74 Å². The van der Waals surface area contributed by atoms with Crippen LogP contribution in [0.15, 0.2) is 59.5 Å². The molecule has 6 nitrogen and oxygen atoms in total. The molecule has 0 atom stereocenters. The lowest BCUT2D eigenvalue weighted by Gasteiger charge is -2.10. The van der Waals surface area contributed by atoms with Crippen molar-refractivity contribution in [2.75, 3.05) is 4.72 Å². The molecular weight excluding hydrogens is 350 g/mol. The van der Waals surface area contributed by atoms with Gasteiger partial charge in [0.2, 0.25) is 0 Å². The maximum Gasteiger partial charge on any atom is 0.322 e. The van der Waals surface area contributed by atoms with E-state index >= 15 is 0 Å². The fourth-order valence-corrected chi connectivity index (χ4v) is 3.45. The summed E-state index contributed by atoms with van der Waals surface area (Å²) in [7, 11) is -3.67. The molecule has 1 heterocycles. The molecule has 0 aliphatic rings. The first-order valence-corrected chi connectivity index (χ1v) is 9.50. The highest BCUT2D eigenvalue weighted by Crippen LogP contribution is 2.24. The van der Waals surface area contributed by atoms with Crippen molar-refractivity contribution in [3.8, 4) is 11.8 Å². The third kappa shape index (κ3) is 4.37. The number of benzene rings is 2. The summed E-state index contributed by atoms with van der Waals surface area (Å²) in [6, 6.07) is 15.4. The number of rotatable bonds is 5. The van der Waals surface area contributed by atoms with Gasteiger partial charge in [0.1, 0.15) is 5.75 Å². The molecule has 0 spiro atoms. The van der Waals surface area contributed by atoms with E-state index in [4.69, 9.17) is 4.74 Å². The van der Waals surface area contributed by atoms with Crippen LogP contribution in [-0.2, 0) is 10.0 Å². The monoisotopic (exact) mass is 369 g/mol. The number of nitrogens with zero attached hydrogens (tertiary/aromatic N) is 2. The number of hydrogen-bond donors (Lipinski definition) is 1. The Morgan fingerprint density at radius 1 is 0.885 bits per heavy atom. The molecule has 134 valence electrons. The molecule has 0 radical (unpaired) electrons. The van der Waals surface area contributed by atoms with Crippen LogP contribution in [0.2, 0.25) is 0 Å². The van der Waals surface area contributed by atoms with Crippen molar-refractivity contribution in [1.29, 1.82) is 0 Å². The molecule has 0 unspecified atom stereocenters. The molecule has 0 saturated carbocycles. The van der Waals surface area contributed by atoms with Crippen molar-refractivity contribution in [2.24, 2.45) is 0 Å². The summed E-state index contributed by atoms with van der Waals surface area (Å²) in [5.74, 6) is 0.444. The van der Waals surface area contributed by atoms with Crippen LogP contribution in [0, 0.1) is 20.8 Å². The second kappa shape index (κ2) is 7.13. The first-order valence-electron chi connectivity index (χ1n) is 8.01. The zero-order valence-corrected chi connectivity index (χ0v) is 15.5. The standard InChI is InChI=1S/C19H19N3O3S/c1-13-7-9-18(10-8-13)26(23,24)22-16-5-4-6-17(12-16)25-19-20-14(2)11-15(3)21-19/h4-12,22H,1-3H3. The van der Waals surface area contributed by atoms with Gasteiger partial charge in [0.25, 0.3) is 10.0 Å². The Kier molecular flexibility index (Phi) is 4.90. The zero-order chi connectivity index (χ0) is 18.7. The summed E-state index contributed by atoms with van der Waals surface area (Å²) in [4.78, 5) is 8.64. The largest absolute Gasteiger partial charge is 0.424 e. The van der Waals surface area contributed by atoms with Gasteiger partial charge in [-0.25, -0.2) is 18.4 Å². The maximum atomic E-state index is 12.5. The average Bonchev–Trinajstić information content (AvgIpc) is 2.54. The topological polar surface area (TPSA) is 81.2 Å². The Bertz CT molecular complexity index is 1010. The van der Waals surface area contributed by atoms with Gasteiger partial charge in [0, 0.05) is 17.5 Å². The summed E-state index contributed by atoms with van der Waals surface area (Å²) in [6.45, 7) is 5.61. The molecule has 1 N–H and O–H groups in total. The molecule has 0 saturated heterocycles. The lowest BCUT2D eigenvalue weighted by molar-refractivity contribution is 0.439. The second-order valence-corrected chi connectivity index (χ2v) is 7.66. The minimum absolute atomic E-state index is 0.201. The van der Waals surface area contributed by atoms with Crippen LogP contribution in [0.4, 0.5) is 5.69 Å². The van der Waals surface area contributed by atoms with E-state index < -0.39 is 10.0 Å². The van der Waals surface area contributed by atoms with E-state index in [2.05, 4.69) is 14.7 Å². The van der Waals surface area contributed by atoms with E-state index in [1.54, 1.807) is 48.5 Å². The normalized spacial score (nSPS) is 11.2. The summed E-state index contributed by atoms with van der Waals surface area (Å²) in [5.41, 5.74) is 2.98. The molecule has 0 aliphatic heterocycles. The highest BCUT2D eigenvalue weighted by molar-refractivity contribution is 7.92. The number of sulfonamides is 1.